The van der Waals surface area contributed by atoms with Crippen molar-refractivity contribution in [3.05, 3.63) is 17.5 Å². The number of nitrogens with zero attached hydrogens (tertiary/aromatic N) is 3. The van der Waals surface area contributed by atoms with E-state index in [1.165, 1.54) is 0 Å². The normalized spacial score (nSPS) is 18.9. The van der Waals surface area contributed by atoms with Crippen LogP contribution in [0.3, 0.4) is 0 Å². The van der Waals surface area contributed by atoms with Crippen molar-refractivity contribution in [2.45, 2.75) is 53.6 Å². The van der Waals surface area contributed by atoms with E-state index in [0.29, 0.717) is 31.7 Å². The summed E-state index contributed by atoms with van der Waals surface area (Å²) in [6, 6.07) is 1.66. The smallest absolute Gasteiger partial charge is 0.269 e. The maximum atomic E-state index is 12.4. The summed E-state index contributed by atoms with van der Waals surface area (Å²) in [4.78, 5) is 26.3. The number of hydrogen-bond acceptors (Lipinski definition) is 3. The Kier molecular flexibility index (Phi) is 4.58. The second-order valence-electron chi connectivity index (χ2n) is 7.20. The average molecular weight is 306 g/mol. The van der Waals surface area contributed by atoms with Gasteiger partial charge in [0.1, 0.15) is 5.69 Å². The number of aromatic nitrogens is 2. The Morgan fingerprint density at radius 1 is 1.45 bits per heavy atom. The lowest BCUT2D eigenvalue weighted by molar-refractivity contribution is -0.128. The van der Waals surface area contributed by atoms with Crippen molar-refractivity contribution in [3.8, 4) is 0 Å². The number of likely N-dealkylation sites (tertiary alicyclic amines) is 1. The molecule has 2 heterocycles. The third kappa shape index (κ3) is 3.87. The molecule has 0 spiro atoms. The van der Waals surface area contributed by atoms with Gasteiger partial charge >= 0.3 is 0 Å². The molecule has 1 N–H and O–H groups in total. The maximum Gasteiger partial charge on any atom is 0.269 e. The van der Waals surface area contributed by atoms with Crippen LogP contribution in [0.1, 0.15) is 50.3 Å². The molecular formula is C16H26N4O2. The predicted octanol–water partition coefficient (Wildman–Crippen LogP) is 1.59. The van der Waals surface area contributed by atoms with E-state index in [4.69, 9.17) is 0 Å². The van der Waals surface area contributed by atoms with Crippen LogP contribution in [0.15, 0.2) is 6.07 Å². The third-order valence-corrected chi connectivity index (χ3v) is 3.65. The molecule has 1 saturated heterocycles. The zero-order valence-electron chi connectivity index (χ0n) is 14.1. The van der Waals surface area contributed by atoms with Crippen molar-refractivity contribution in [2.75, 3.05) is 13.1 Å². The van der Waals surface area contributed by atoms with Gasteiger partial charge in [0, 0.05) is 26.1 Å². The van der Waals surface area contributed by atoms with E-state index >= 15 is 0 Å². The van der Waals surface area contributed by atoms with E-state index in [1.807, 2.05) is 18.7 Å². The van der Waals surface area contributed by atoms with Crippen molar-refractivity contribution >= 4 is 11.8 Å². The fraction of sp³-hybridized carbons (Fsp3) is 0.688. The molecule has 6 heteroatoms. The summed E-state index contributed by atoms with van der Waals surface area (Å²) < 4.78 is 1.69. The minimum atomic E-state index is -0.155. The van der Waals surface area contributed by atoms with Crippen molar-refractivity contribution in [2.24, 2.45) is 5.41 Å². The van der Waals surface area contributed by atoms with Crippen LogP contribution in [0.5, 0.6) is 0 Å². The van der Waals surface area contributed by atoms with Gasteiger partial charge in [-0.3, -0.25) is 14.3 Å². The fourth-order valence-electron chi connectivity index (χ4n) is 2.82. The second-order valence-corrected chi connectivity index (χ2v) is 7.20. The van der Waals surface area contributed by atoms with E-state index in [2.05, 4.69) is 31.2 Å². The molecule has 0 saturated carbocycles. The number of carbonyl (C=O) groups is 2. The molecule has 0 bridgehead atoms. The molecule has 122 valence electrons. The van der Waals surface area contributed by atoms with Gasteiger partial charge in [-0.1, -0.05) is 20.8 Å². The predicted molar refractivity (Wildman–Crippen MR) is 84.5 cm³/mol. The highest BCUT2D eigenvalue weighted by Gasteiger charge is 2.33. The zero-order valence-corrected chi connectivity index (χ0v) is 14.1. The van der Waals surface area contributed by atoms with Crippen molar-refractivity contribution in [1.82, 2.24) is 20.0 Å². The first-order valence-electron chi connectivity index (χ1n) is 7.82. The Balaban J connectivity index is 2.00. The average Bonchev–Trinajstić information content (AvgIpc) is 2.91. The molecule has 22 heavy (non-hydrogen) atoms. The van der Waals surface area contributed by atoms with Crippen LogP contribution in [0.4, 0.5) is 0 Å². The molecule has 0 unspecified atom stereocenters. The Bertz CT molecular complexity index is 571. The molecule has 0 aromatic carbocycles. The highest BCUT2D eigenvalue weighted by Crippen LogP contribution is 2.20. The Morgan fingerprint density at radius 2 is 2.14 bits per heavy atom. The molecule has 0 aliphatic carbocycles. The van der Waals surface area contributed by atoms with Crippen molar-refractivity contribution < 1.29 is 9.59 Å². The third-order valence-electron chi connectivity index (χ3n) is 3.65. The van der Waals surface area contributed by atoms with Crippen LogP contribution < -0.4 is 5.32 Å². The SMILES string of the molecule is CCn1nc(C)cc1C(=O)N[C@H]1CC(=O)N(CC(C)(C)C)C1. The first kappa shape index (κ1) is 16.5. The summed E-state index contributed by atoms with van der Waals surface area (Å²) in [6.45, 7) is 12.1. The van der Waals surface area contributed by atoms with Crippen LogP contribution in [0.2, 0.25) is 0 Å². The van der Waals surface area contributed by atoms with Gasteiger partial charge in [0.25, 0.3) is 5.91 Å². The minimum absolute atomic E-state index is 0.0620. The molecular weight excluding hydrogens is 280 g/mol. The topological polar surface area (TPSA) is 67.2 Å². The molecule has 1 aliphatic rings. The Labute approximate surface area is 131 Å². The molecule has 0 radical (unpaired) electrons. The summed E-state index contributed by atoms with van der Waals surface area (Å²) in [7, 11) is 0. The molecule has 1 atom stereocenters. The summed E-state index contributed by atoms with van der Waals surface area (Å²) in [5, 5.41) is 7.25. The molecule has 1 aromatic heterocycles. The van der Waals surface area contributed by atoms with Gasteiger partial charge in [0.05, 0.1) is 11.7 Å². The van der Waals surface area contributed by atoms with Crippen molar-refractivity contribution in [1.29, 1.82) is 0 Å². The summed E-state index contributed by atoms with van der Waals surface area (Å²) >= 11 is 0. The van der Waals surface area contributed by atoms with Gasteiger partial charge < -0.3 is 10.2 Å². The summed E-state index contributed by atoms with van der Waals surface area (Å²) in [6.07, 6.45) is 0.376. The largest absolute Gasteiger partial charge is 0.346 e. The number of rotatable bonds is 4. The monoisotopic (exact) mass is 306 g/mol. The van der Waals surface area contributed by atoms with E-state index in [0.717, 1.165) is 5.69 Å². The van der Waals surface area contributed by atoms with Gasteiger partial charge in [-0.15, -0.1) is 0 Å². The lowest BCUT2D eigenvalue weighted by Gasteiger charge is -2.26. The molecule has 1 fully saturated rings. The van der Waals surface area contributed by atoms with E-state index < -0.39 is 0 Å². The van der Waals surface area contributed by atoms with E-state index in [-0.39, 0.29) is 23.3 Å². The van der Waals surface area contributed by atoms with Gasteiger partial charge in [-0.2, -0.15) is 5.10 Å². The molecule has 2 amide bonds. The molecule has 2 rings (SSSR count). The summed E-state index contributed by atoms with van der Waals surface area (Å²) in [5.41, 5.74) is 1.44. The van der Waals surface area contributed by atoms with E-state index in [9.17, 15) is 9.59 Å². The number of carbonyl (C=O) groups excluding carboxylic acids is 2. The minimum Gasteiger partial charge on any atom is -0.346 e. The first-order valence-corrected chi connectivity index (χ1v) is 7.82. The molecule has 6 nitrogen and oxygen atoms in total. The fourth-order valence-corrected chi connectivity index (χ4v) is 2.82. The number of hydrogen-bond donors (Lipinski definition) is 1. The number of amides is 2. The van der Waals surface area contributed by atoms with Gasteiger partial charge in [-0.05, 0) is 25.3 Å². The van der Waals surface area contributed by atoms with Crippen LogP contribution in [0, 0.1) is 12.3 Å². The second kappa shape index (κ2) is 6.10. The Hall–Kier alpha value is -1.85. The van der Waals surface area contributed by atoms with Crippen LogP contribution >= 0.6 is 0 Å². The molecule has 1 aliphatic heterocycles. The number of aryl methyl sites for hydroxylation is 2. The number of nitrogens with one attached hydrogen (secondary N) is 1. The highest BCUT2D eigenvalue weighted by molar-refractivity contribution is 5.93. The van der Waals surface area contributed by atoms with Gasteiger partial charge in [0.2, 0.25) is 5.91 Å². The lowest BCUT2D eigenvalue weighted by Crippen LogP contribution is -2.39. The maximum absolute atomic E-state index is 12.4. The molecule has 1 aromatic rings. The Morgan fingerprint density at radius 3 is 2.73 bits per heavy atom. The highest BCUT2D eigenvalue weighted by atomic mass is 16.2. The van der Waals surface area contributed by atoms with Gasteiger partial charge in [-0.25, -0.2) is 0 Å². The lowest BCUT2D eigenvalue weighted by atomic mass is 9.96. The quantitative estimate of drug-likeness (QED) is 0.918. The van der Waals surface area contributed by atoms with E-state index in [1.54, 1.807) is 10.7 Å². The zero-order chi connectivity index (χ0) is 16.5. The summed E-state index contributed by atoms with van der Waals surface area (Å²) in [5.74, 6) is -0.0433. The standard InChI is InChI=1S/C16H26N4O2/c1-6-20-13(7-11(2)18-20)15(22)17-12-8-14(21)19(9-12)10-16(3,4)5/h7,12H,6,8-10H2,1-5H3,(H,17,22)/t12-/m0/s1. The first-order chi connectivity index (χ1) is 10.2. The van der Waals surface area contributed by atoms with Gasteiger partial charge in [0.15, 0.2) is 0 Å². The van der Waals surface area contributed by atoms with Crippen LogP contribution in [0.25, 0.3) is 0 Å². The van der Waals surface area contributed by atoms with Crippen LogP contribution in [-0.4, -0.2) is 45.6 Å². The van der Waals surface area contributed by atoms with Crippen LogP contribution in [-0.2, 0) is 11.3 Å². The van der Waals surface area contributed by atoms with Crippen molar-refractivity contribution in [3.63, 3.8) is 0 Å².